The first-order chi connectivity index (χ1) is 5.83. The van der Waals surface area contributed by atoms with Gasteiger partial charge < -0.3 is 10.6 Å². The van der Waals surface area contributed by atoms with Crippen LogP contribution in [-0.2, 0) is 4.79 Å². The van der Waals surface area contributed by atoms with E-state index in [1.54, 1.807) is 7.05 Å². The zero-order chi connectivity index (χ0) is 8.81. The molecule has 2 N–H and O–H groups in total. The van der Waals surface area contributed by atoms with Gasteiger partial charge in [-0.2, -0.15) is 11.8 Å². The number of hydrogen-bond acceptors (Lipinski definition) is 3. The number of hydrogen-bond donors (Lipinski definition) is 2. The van der Waals surface area contributed by atoms with Crippen molar-refractivity contribution >= 4 is 17.7 Å². The minimum absolute atomic E-state index is 0.0700. The first-order valence-electron chi connectivity index (χ1n) is 4.32. The SMILES string of the molecule is CNC(=O)CNCC1CCSC1. The number of carbonyl (C=O) groups is 1. The van der Waals surface area contributed by atoms with Crippen molar-refractivity contribution in [1.82, 2.24) is 10.6 Å². The average molecular weight is 188 g/mol. The van der Waals surface area contributed by atoms with Crippen molar-refractivity contribution in [1.29, 1.82) is 0 Å². The second kappa shape index (κ2) is 5.43. The van der Waals surface area contributed by atoms with E-state index in [0.29, 0.717) is 6.54 Å². The molecular formula is C8H16N2OS. The molecule has 1 fully saturated rings. The Kier molecular flexibility index (Phi) is 4.46. The Labute approximate surface area is 77.7 Å². The maximum absolute atomic E-state index is 10.8. The first kappa shape index (κ1) is 9.86. The van der Waals surface area contributed by atoms with Gasteiger partial charge in [-0.1, -0.05) is 0 Å². The Morgan fingerprint density at radius 2 is 2.50 bits per heavy atom. The van der Waals surface area contributed by atoms with E-state index < -0.39 is 0 Å². The van der Waals surface area contributed by atoms with Crippen LogP contribution in [0.25, 0.3) is 0 Å². The lowest BCUT2D eigenvalue weighted by Crippen LogP contribution is -2.34. The summed E-state index contributed by atoms with van der Waals surface area (Å²) in [5, 5.41) is 5.74. The Balaban J connectivity index is 1.97. The van der Waals surface area contributed by atoms with Crippen LogP contribution >= 0.6 is 11.8 Å². The van der Waals surface area contributed by atoms with Crippen LogP contribution in [0.4, 0.5) is 0 Å². The molecule has 70 valence electrons. The molecule has 0 aromatic rings. The summed E-state index contributed by atoms with van der Waals surface area (Å²) in [5.74, 6) is 3.38. The van der Waals surface area contributed by atoms with Crippen LogP contribution in [0.3, 0.4) is 0 Å². The van der Waals surface area contributed by atoms with Gasteiger partial charge in [0.2, 0.25) is 5.91 Å². The monoisotopic (exact) mass is 188 g/mol. The van der Waals surface area contributed by atoms with Crippen LogP contribution in [0.2, 0.25) is 0 Å². The van der Waals surface area contributed by atoms with Crippen LogP contribution in [0.15, 0.2) is 0 Å². The lowest BCUT2D eigenvalue weighted by Gasteiger charge is -2.08. The lowest BCUT2D eigenvalue weighted by molar-refractivity contribution is -0.119. The quantitative estimate of drug-likeness (QED) is 0.656. The molecule has 1 unspecified atom stereocenters. The number of likely N-dealkylation sites (N-methyl/N-ethyl adjacent to an activating group) is 1. The minimum atomic E-state index is 0.0700. The lowest BCUT2D eigenvalue weighted by atomic mass is 10.1. The molecule has 1 heterocycles. The zero-order valence-electron chi connectivity index (χ0n) is 7.43. The molecule has 0 spiro atoms. The number of amides is 1. The summed E-state index contributed by atoms with van der Waals surface area (Å²) in [6.07, 6.45) is 1.30. The first-order valence-corrected chi connectivity index (χ1v) is 5.47. The summed E-state index contributed by atoms with van der Waals surface area (Å²) < 4.78 is 0. The van der Waals surface area contributed by atoms with Gasteiger partial charge in [0.15, 0.2) is 0 Å². The molecular weight excluding hydrogens is 172 g/mol. The highest BCUT2D eigenvalue weighted by atomic mass is 32.2. The van der Waals surface area contributed by atoms with Gasteiger partial charge in [0.05, 0.1) is 6.54 Å². The summed E-state index contributed by atoms with van der Waals surface area (Å²) in [5.41, 5.74) is 0. The van der Waals surface area contributed by atoms with Gasteiger partial charge in [-0.25, -0.2) is 0 Å². The normalized spacial score (nSPS) is 22.6. The van der Waals surface area contributed by atoms with Crippen LogP contribution in [-0.4, -0.2) is 37.6 Å². The van der Waals surface area contributed by atoms with Crippen molar-refractivity contribution in [3.05, 3.63) is 0 Å². The molecule has 0 radical (unpaired) electrons. The standard InChI is InChI=1S/C8H16N2OS/c1-9-8(11)5-10-4-7-2-3-12-6-7/h7,10H,2-6H2,1H3,(H,9,11). The maximum atomic E-state index is 10.8. The Morgan fingerprint density at radius 1 is 1.67 bits per heavy atom. The predicted octanol–water partition coefficient (Wildman–Crippen LogP) is 0.0751. The third-order valence-electron chi connectivity index (χ3n) is 2.02. The molecule has 1 saturated heterocycles. The Morgan fingerprint density at radius 3 is 3.08 bits per heavy atom. The van der Waals surface area contributed by atoms with Crippen molar-refractivity contribution in [2.45, 2.75) is 6.42 Å². The van der Waals surface area contributed by atoms with Gasteiger partial charge in [0, 0.05) is 7.05 Å². The van der Waals surface area contributed by atoms with Gasteiger partial charge in [0.25, 0.3) is 0 Å². The highest BCUT2D eigenvalue weighted by molar-refractivity contribution is 7.99. The number of thioether (sulfide) groups is 1. The second-order valence-electron chi connectivity index (χ2n) is 3.03. The Hall–Kier alpha value is -0.220. The fraction of sp³-hybridized carbons (Fsp3) is 0.875. The van der Waals surface area contributed by atoms with Gasteiger partial charge in [-0.05, 0) is 30.4 Å². The van der Waals surface area contributed by atoms with Crippen molar-refractivity contribution in [3.8, 4) is 0 Å². The van der Waals surface area contributed by atoms with E-state index in [9.17, 15) is 4.79 Å². The third kappa shape index (κ3) is 3.45. The van der Waals surface area contributed by atoms with Crippen molar-refractivity contribution in [2.24, 2.45) is 5.92 Å². The van der Waals surface area contributed by atoms with Crippen LogP contribution < -0.4 is 10.6 Å². The highest BCUT2D eigenvalue weighted by Crippen LogP contribution is 2.22. The maximum Gasteiger partial charge on any atom is 0.233 e. The number of rotatable bonds is 4. The Bertz CT molecular complexity index is 146. The molecule has 0 aromatic carbocycles. The molecule has 0 aromatic heterocycles. The van der Waals surface area contributed by atoms with E-state index in [0.717, 1.165) is 12.5 Å². The minimum Gasteiger partial charge on any atom is -0.358 e. The van der Waals surface area contributed by atoms with Crippen LogP contribution in [0, 0.1) is 5.92 Å². The fourth-order valence-corrected chi connectivity index (χ4v) is 2.51. The molecule has 1 aliphatic rings. The van der Waals surface area contributed by atoms with E-state index in [-0.39, 0.29) is 5.91 Å². The summed E-state index contributed by atoms with van der Waals surface area (Å²) in [7, 11) is 1.66. The highest BCUT2D eigenvalue weighted by Gasteiger charge is 2.14. The van der Waals surface area contributed by atoms with Crippen molar-refractivity contribution in [2.75, 3.05) is 31.6 Å². The molecule has 0 saturated carbocycles. The van der Waals surface area contributed by atoms with Crippen LogP contribution in [0.1, 0.15) is 6.42 Å². The molecule has 1 amide bonds. The number of carbonyl (C=O) groups excluding carboxylic acids is 1. The molecule has 12 heavy (non-hydrogen) atoms. The zero-order valence-corrected chi connectivity index (χ0v) is 8.25. The summed E-state index contributed by atoms with van der Waals surface area (Å²) in [4.78, 5) is 10.8. The fourth-order valence-electron chi connectivity index (χ4n) is 1.22. The van der Waals surface area contributed by atoms with E-state index >= 15 is 0 Å². The van der Waals surface area contributed by atoms with Crippen molar-refractivity contribution in [3.63, 3.8) is 0 Å². The summed E-state index contributed by atoms with van der Waals surface area (Å²) in [6, 6.07) is 0. The third-order valence-corrected chi connectivity index (χ3v) is 3.25. The van der Waals surface area contributed by atoms with Gasteiger partial charge in [-0.3, -0.25) is 4.79 Å². The smallest absolute Gasteiger partial charge is 0.233 e. The van der Waals surface area contributed by atoms with E-state index in [4.69, 9.17) is 0 Å². The number of nitrogens with one attached hydrogen (secondary N) is 2. The predicted molar refractivity (Wildman–Crippen MR) is 52.4 cm³/mol. The van der Waals surface area contributed by atoms with E-state index in [1.807, 2.05) is 11.8 Å². The molecule has 0 aliphatic carbocycles. The van der Waals surface area contributed by atoms with Crippen LogP contribution in [0.5, 0.6) is 0 Å². The average Bonchev–Trinajstić information content (AvgIpc) is 2.57. The van der Waals surface area contributed by atoms with Gasteiger partial charge in [0.1, 0.15) is 0 Å². The molecule has 3 nitrogen and oxygen atoms in total. The molecule has 4 heteroatoms. The van der Waals surface area contributed by atoms with E-state index in [2.05, 4.69) is 10.6 Å². The molecule has 1 aliphatic heterocycles. The second-order valence-corrected chi connectivity index (χ2v) is 4.18. The van der Waals surface area contributed by atoms with Crippen molar-refractivity contribution < 1.29 is 4.79 Å². The summed E-state index contributed by atoms with van der Waals surface area (Å²) >= 11 is 2.01. The topological polar surface area (TPSA) is 41.1 Å². The van der Waals surface area contributed by atoms with Gasteiger partial charge in [-0.15, -0.1) is 0 Å². The largest absolute Gasteiger partial charge is 0.358 e. The van der Waals surface area contributed by atoms with E-state index in [1.165, 1.54) is 17.9 Å². The molecule has 0 bridgehead atoms. The summed E-state index contributed by atoms with van der Waals surface area (Å²) in [6.45, 7) is 1.44. The van der Waals surface area contributed by atoms with Gasteiger partial charge >= 0.3 is 0 Å². The molecule has 1 atom stereocenters. The molecule has 1 rings (SSSR count).